The monoisotopic (exact) mass is 144 g/mol. The quantitative estimate of drug-likeness (QED) is 0.450. The molecule has 0 saturated heterocycles. The standard InChI is InChI=1S/C7H13NO2/c1-3-4-5-6-8-7(9)10-2/h6H,3-5H2,1-2H3/p+1. The first-order valence-corrected chi connectivity index (χ1v) is 3.47. The highest BCUT2D eigenvalue weighted by Crippen LogP contribution is 1.86. The number of rotatable bonds is 3. The van der Waals surface area contributed by atoms with Gasteiger partial charge in [-0.2, -0.15) is 4.79 Å². The van der Waals surface area contributed by atoms with Crippen molar-refractivity contribution in [2.45, 2.75) is 26.2 Å². The van der Waals surface area contributed by atoms with Crippen LogP contribution in [0.2, 0.25) is 0 Å². The molecule has 0 radical (unpaired) electrons. The van der Waals surface area contributed by atoms with Gasteiger partial charge in [-0.3, -0.25) is 0 Å². The summed E-state index contributed by atoms with van der Waals surface area (Å²) in [6, 6.07) is 0. The molecule has 0 aromatic heterocycles. The molecule has 0 spiro atoms. The third-order valence-electron chi connectivity index (χ3n) is 1.11. The molecule has 0 aliphatic carbocycles. The molecular weight excluding hydrogens is 130 g/mol. The molecule has 0 unspecified atom stereocenters. The van der Waals surface area contributed by atoms with E-state index in [1.165, 1.54) is 7.11 Å². The summed E-state index contributed by atoms with van der Waals surface area (Å²) in [5.74, 6) is 0. The second-order valence-corrected chi connectivity index (χ2v) is 1.98. The number of methoxy groups -OCH3 is 1. The van der Waals surface area contributed by atoms with Crippen LogP contribution >= 0.6 is 0 Å². The lowest BCUT2D eigenvalue weighted by Crippen LogP contribution is -2.73. The SMILES string of the molecule is CCCCC=[NH+]C(=O)OC. The van der Waals surface area contributed by atoms with Crippen molar-refractivity contribution in [3.8, 4) is 0 Å². The van der Waals surface area contributed by atoms with Crippen molar-refractivity contribution in [3.63, 3.8) is 0 Å². The number of carbonyl (C=O) groups is 1. The van der Waals surface area contributed by atoms with E-state index in [4.69, 9.17) is 0 Å². The van der Waals surface area contributed by atoms with Crippen molar-refractivity contribution >= 4 is 12.3 Å². The zero-order valence-corrected chi connectivity index (χ0v) is 6.52. The molecule has 0 rings (SSSR count). The Bertz CT molecular complexity index is 121. The van der Waals surface area contributed by atoms with Gasteiger partial charge in [-0.05, 0) is 6.42 Å². The van der Waals surface area contributed by atoms with Gasteiger partial charge in [0.2, 0.25) is 0 Å². The van der Waals surface area contributed by atoms with Crippen molar-refractivity contribution in [1.29, 1.82) is 0 Å². The molecule has 0 aliphatic heterocycles. The van der Waals surface area contributed by atoms with Crippen LogP contribution in [0.15, 0.2) is 0 Å². The summed E-state index contributed by atoms with van der Waals surface area (Å²) in [4.78, 5) is 12.9. The fraction of sp³-hybridized carbons (Fsp3) is 0.714. The highest BCUT2D eigenvalue weighted by molar-refractivity contribution is 5.62. The first-order valence-electron chi connectivity index (χ1n) is 3.47. The Morgan fingerprint density at radius 2 is 2.40 bits per heavy atom. The Morgan fingerprint density at radius 1 is 1.70 bits per heavy atom. The van der Waals surface area contributed by atoms with Gasteiger partial charge in [-0.15, -0.1) is 4.99 Å². The molecule has 0 aromatic carbocycles. The Kier molecular flexibility index (Phi) is 5.72. The minimum atomic E-state index is -0.392. The maximum Gasteiger partial charge on any atom is 0.594 e. The predicted octanol–water partition coefficient (Wildman–Crippen LogP) is 0.0944. The Labute approximate surface area is 61.1 Å². The molecular formula is C7H14NO2+. The summed E-state index contributed by atoms with van der Waals surface area (Å²) in [7, 11) is 1.35. The minimum Gasteiger partial charge on any atom is -0.415 e. The molecule has 3 nitrogen and oxygen atoms in total. The molecule has 58 valence electrons. The number of hydrogen-bond donors (Lipinski definition) is 1. The highest BCUT2D eigenvalue weighted by atomic mass is 16.5. The molecule has 0 fully saturated rings. The van der Waals surface area contributed by atoms with Gasteiger partial charge in [0.15, 0.2) is 0 Å². The van der Waals surface area contributed by atoms with Gasteiger partial charge in [0.25, 0.3) is 0 Å². The number of hydrogen-bond acceptors (Lipinski definition) is 2. The molecule has 0 bridgehead atoms. The van der Waals surface area contributed by atoms with E-state index >= 15 is 0 Å². The van der Waals surface area contributed by atoms with Crippen molar-refractivity contribution in [1.82, 2.24) is 0 Å². The van der Waals surface area contributed by atoms with Gasteiger partial charge >= 0.3 is 6.09 Å². The lowest BCUT2D eigenvalue weighted by molar-refractivity contribution is -0.362. The summed E-state index contributed by atoms with van der Waals surface area (Å²) in [6.45, 7) is 2.10. The third kappa shape index (κ3) is 5.28. The van der Waals surface area contributed by atoms with Crippen LogP contribution in [0.4, 0.5) is 4.79 Å². The number of ether oxygens (including phenoxy) is 1. The Balaban J connectivity index is 3.27. The van der Waals surface area contributed by atoms with Crippen LogP contribution in [0, 0.1) is 0 Å². The van der Waals surface area contributed by atoms with Crippen molar-refractivity contribution in [2.24, 2.45) is 0 Å². The normalized spacial score (nSPS) is 10.2. The van der Waals surface area contributed by atoms with Gasteiger partial charge < -0.3 is 4.74 Å². The van der Waals surface area contributed by atoms with E-state index in [9.17, 15) is 4.79 Å². The first-order chi connectivity index (χ1) is 4.81. The van der Waals surface area contributed by atoms with Crippen LogP contribution in [-0.2, 0) is 4.74 Å². The average molecular weight is 144 g/mol. The topological polar surface area (TPSA) is 40.3 Å². The van der Waals surface area contributed by atoms with E-state index in [0.717, 1.165) is 19.3 Å². The minimum absolute atomic E-state index is 0.392. The maximum atomic E-state index is 10.4. The Hall–Kier alpha value is -0.860. The van der Waals surface area contributed by atoms with Gasteiger partial charge in [-0.1, -0.05) is 13.3 Å². The number of amides is 1. The first kappa shape index (κ1) is 9.14. The van der Waals surface area contributed by atoms with Gasteiger partial charge in [0.05, 0.1) is 7.11 Å². The predicted molar refractivity (Wildman–Crippen MR) is 39.0 cm³/mol. The van der Waals surface area contributed by atoms with Crippen LogP contribution in [0.5, 0.6) is 0 Å². The van der Waals surface area contributed by atoms with Gasteiger partial charge in [0, 0.05) is 6.42 Å². The van der Waals surface area contributed by atoms with Crippen LogP contribution in [0.25, 0.3) is 0 Å². The summed E-state index contributed by atoms with van der Waals surface area (Å²) in [6.07, 6.45) is 4.47. The van der Waals surface area contributed by atoms with Crippen LogP contribution in [-0.4, -0.2) is 19.4 Å². The molecule has 10 heavy (non-hydrogen) atoms. The highest BCUT2D eigenvalue weighted by Gasteiger charge is 1.98. The second kappa shape index (κ2) is 6.26. The fourth-order valence-electron chi connectivity index (χ4n) is 0.521. The second-order valence-electron chi connectivity index (χ2n) is 1.98. The van der Waals surface area contributed by atoms with Crippen molar-refractivity contribution in [2.75, 3.05) is 7.11 Å². The van der Waals surface area contributed by atoms with Crippen LogP contribution in [0.1, 0.15) is 26.2 Å². The zero-order valence-electron chi connectivity index (χ0n) is 6.52. The summed E-state index contributed by atoms with van der Waals surface area (Å²) in [5, 5.41) is 0. The maximum absolute atomic E-state index is 10.4. The third-order valence-corrected chi connectivity index (χ3v) is 1.11. The Morgan fingerprint density at radius 3 is 2.90 bits per heavy atom. The lowest BCUT2D eigenvalue weighted by atomic mass is 10.3. The number of carbonyl (C=O) groups excluding carboxylic acids is 1. The van der Waals surface area contributed by atoms with Gasteiger partial charge in [-0.25, -0.2) is 0 Å². The van der Waals surface area contributed by atoms with E-state index in [2.05, 4.69) is 16.7 Å². The van der Waals surface area contributed by atoms with E-state index in [0.29, 0.717) is 0 Å². The molecule has 0 aliphatic rings. The summed E-state index contributed by atoms with van der Waals surface area (Å²) < 4.78 is 4.35. The molecule has 1 amide bonds. The average Bonchev–Trinajstić information content (AvgIpc) is 1.98. The van der Waals surface area contributed by atoms with E-state index < -0.39 is 6.09 Å². The zero-order chi connectivity index (χ0) is 7.82. The molecule has 1 N–H and O–H groups in total. The smallest absolute Gasteiger partial charge is 0.415 e. The van der Waals surface area contributed by atoms with Crippen molar-refractivity contribution < 1.29 is 14.5 Å². The van der Waals surface area contributed by atoms with E-state index in [1.807, 2.05) is 0 Å². The lowest BCUT2D eigenvalue weighted by Gasteiger charge is -1.83. The number of unbranched alkanes of at least 4 members (excludes halogenated alkanes) is 2. The molecule has 0 atom stereocenters. The molecule has 0 heterocycles. The number of nitrogens with one attached hydrogen (secondary N) is 1. The summed E-state index contributed by atoms with van der Waals surface area (Å²) >= 11 is 0. The molecule has 0 saturated carbocycles. The van der Waals surface area contributed by atoms with E-state index in [-0.39, 0.29) is 0 Å². The fourth-order valence-corrected chi connectivity index (χ4v) is 0.521. The molecule has 0 aromatic rings. The van der Waals surface area contributed by atoms with E-state index in [1.54, 1.807) is 6.21 Å². The van der Waals surface area contributed by atoms with Crippen LogP contribution < -0.4 is 4.99 Å². The van der Waals surface area contributed by atoms with Crippen molar-refractivity contribution in [3.05, 3.63) is 0 Å². The molecule has 3 heteroatoms. The largest absolute Gasteiger partial charge is 0.594 e. The van der Waals surface area contributed by atoms with Crippen LogP contribution in [0.3, 0.4) is 0 Å². The van der Waals surface area contributed by atoms with Gasteiger partial charge in [0.1, 0.15) is 6.21 Å². The summed E-state index contributed by atoms with van der Waals surface area (Å²) in [5.41, 5.74) is 0.